The van der Waals surface area contributed by atoms with Gasteiger partial charge in [0.1, 0.15) is 22.1 Å². The van der Waals surface area contributed by atoms with Crippen molar-refractivity contribution in [1.29, 1.82) is 0 Å². The highest BCUT2D eigenvalue weighted by atomic mass is 32.2. The number of nitrogens with one attached hydrogen (secondary N) is 2. The van der Waals surface area contributed by atoms with Crippen LogP contribution < -0.4 is 11.1 Å². The number of carboxylic acids is 1. The van der Waals surface area contributed by atoms with Gasteiger partial charge in [0.15, 0.2) is 5.69 Å². The van der Waals surface area contributed by atoms with E-state index in [0.717, 1.165) is 6.42 Å². The molecule has 0 spiro atoms. The number of thioether (sulfide) groups is 2. The van der Waals surface area contributed by atoms with Gasteiger partial charge in [-0.25, -0.2) is 4.79 Å². The van der Waals surface area contributed by atoms with E-state index in [0.29, 0.717) is 22.9 Å². The molecule has 0 radical (unpaired) electrons. The number of H-pyrrole nitrogens is 1. The minimum Gasteiger partial charge on any atom is -0.477 e. The van der Waals surface area contributed by atoms with Crippen LogP contribution in [0.3, 0.4) is 0 Å². The molecule has 1 aromatic heterocycles. The largest absolute Gasteiger partial charge is 0.477 e. The second-order valence-electron chi connectivity index (χ2n) is 5.73. The molecule has 0 bridgehead atoms. The van der Waals surface area contributed by atoms with Crippen LogP contribution in [0, 0.1) is 0 Å². The van der Waals surface area contributed by atoms with Gasteiger partial charge in [-0.1, -0.05) is 23.9 Å². The van der Waals surface area contributed by atoms with Crippen molar-refractivity contribution in [1.82, 2.24) is 25.6 Å². The first-order chi connectivity index (χ1) is 12.5. The summed E-state index contributed by atoms with van der Waals surface area (Å²) in [5, 5.41) is 22.5. The van der Waals surface area contributed by atoms with E-state index >= 15 is 0 Å². The summed E-state index contributed by atoms with van der Waals surface area (Å²) in [6.07, 6.45) is 0.797. The lowest BCUT2D eigenvalue weighted by molar-refractivity contribution is -0.147. The molecule has 1 aromatic rings. The second-order valence-corrected chi connectivity index (χ2v) is 7.82. The van der Waals surface area contributed by atoms with Crippen molar-refractivity contribution in [3.05, 3.63) is 17.0 Å². The molecule has 0 aliphatic carbocycles. The molecule has 2 aliphatic heterocycles. The standard InChI is InChI=1S/C14H18N6O4S2/c1-2-3-16-10(21)8-11(18-19-17-8)25-4-6-5-26-13-7(15)12(22)20(13)9(6)14(23)24/h7,13H,2-5,15H2,1H3,(H,16,21)(H,23,24)(H,17,18,19)/t7?,13-/m1/s1. The number of aromatic amines is 1. The summed E-state index contributed by atoms with van der Waals surface area (Å²) < 4.78 is 0. The van der Waals surface area contributed by atoms with E-state index in [9.17, 15) is 19.5 Å². The second kappa shape index (κ2) is 7.68. The van der Waals surface area contributed by atoms with Crippen LogP contribution in [0.2, 0.25) is 0 Å². The minimum absolute atomic E-state index is 0.0163. The third-order valence-corrected chi connectivity index (χ3v) is 6.38. The highest BCUT2D eigenvalue weighted by molar-refractivity contribution is 8.01. The van der Waals surface area contributed by atoms with Crippen molar-refractivity contribution >= 4 is 41.3 Å². The summed E-state index contributed by atoms with van der Waals surface area (Å²) in [5.74, 6) is -1.13. The van der Waals surface area contributed by atoms with Crippen molar-refractivity contribution in [3.63, 3.8) is 0 Å². The monoisotopic (exact) mass is 398 g/mol. The van der Waals surface area contributed by atoms with Gasteiger partial charge in [-0.3, -0.25) is 19.6 Å². The average molecular weight is 398 g/mol. The molecular weight excluding hydrogens is 380 g/mol. The van der Waals surface area contributed by atoms with E-state index in [1.807, 2.05) is 6.92 Å². The van der Waals surface area contributed by atoms with Crippen LogP contribution in [0.1, 0.15) is 23.8 Å². The van der Waals surface area contributed by atoms with Crippen LogP contribution in [-0.2, 0) is 9.59 Å². The Morgan fingerprint density at radius 3 is 3.00 bits per heavy atom. The number of fused-ring (bicyclic) bond motifs is 1. The van der Waals surface area contributed by atoms with Crippen LogP contribution in [0.25, 0.3) is 0 Å². The summed E-state index contributed by atoms with van der Waals surface area (Å²) >= 11 is 2.67. The molecular formula is C14H18N6O4S2. The van der Waals surface area contributed by atoms with E-state index < -0.39 is 12.0 Å². The molecule has 12 heteroatoms. The number of β-lactam (4-membered cyclic amide) rings is 1. The topological polar surface area (TPSA) is 154 Å². The van der Waals surface area contributed by atoms with Gasteiger partial charge in [0, 0.05) is 18.1 Å². The Bertz CT molecular complexity index is 779. The third kappa shape index (κ3) is 3.31. The Balaban J connectivity index is 1.75. The molecule has 3 rings (SSSR count). The number of carbonyl (C=O) groups is 3. The lowest BCUT2D eigenvalue weighted by atomic mass is 10.0. The lowest BCUT2D eigenvalue weighted by Gasteiger charge is -2.48. The van der Waals surface area contributed by atoms with Gasteiger partial charge in [0.05, 0.1) is 0 Å². The van der Waals surface area contributed by atoms with E-state index in [1.165, 1.54) is 28.4 Å². The smallest absolute Gasteiger partial charge is 0.352 e. The molecule has 26 heavy (non-hydrogen) atoms. The number of carboxylic acid groups (broad SMARTS) is 1. The molecule has 1 saturated heterocycles. The van der Waals surface area contributed by atoms with E-state index in [2.05, 4.69) is 20.7 Å². The molecule has 1 unspecified atom stereocenters. The fourth-order valence-electron chi connectivity index (χ4n) is 2.64. The molecule has 0 saturated carbocycles. The van der Waals surface area contributed by atoms with Gasteiger partial charge >= 0.3 is 5.97 Å². The van der Waals surface area contributed by atoms with Gasteiger partial charge in [-0.2, -0.15) is 0 Å². The van der Waals surface area contributed by atoms with Crippen molar-refractivity contribution in [3.8, 4) is 0 Å². The molecule has 140 valence electrons. The zero-order valence-corrected chi connectivity index (χ0v) is 15.5. The van der Waals surface area contributed by atoms with Crippen LogP contribution in [-0.4, -0.2) is 72.7 Å². The van der Waals surface area contributed by atoms with Crippen LogP contribution in [0.5, 0.6) is 0 Å². The number of carbonyl (C=O) groups excluding carboxylic acids is 2. The molecule has 2 atom stereocenters. The van der Waals surface area contributed by atoms with Crippen LogP contribution in [0.4, 0.5) is 0 Å². The fourth-order valence-corrected chi connectivity index (χ4v) is 5.00. The van der Waals surface area contributed by atoms with Crippen molar-refractivity contribution < 1.29 is 19.5 Å². The summed E-state index contributed by atoms with van der Waals surface area (Å²) in [5.41, 5.74) is 6.48. The van der Waals surface area contributed by atoms with Crippen LogP contribution >= 0.6 is 23.5 Å². The van der Waals surface area contributed by atoms with Crippen molar-refractivity contribution in [2.75, 3.05) is 18.1 Å². The molecule has 10 nitrogen and oxygen atoms in total. The number of hydrogen-bond acceptors (Lipinski definition) is 8. The van der Waals surface area contributed by atoms with E-state index in [-0.39, 0.29) is 34.3 Å². The minimum atomic E-state index is -1.16. The Kier molecular flexibility index (Phi) is 5.53. The van der Waals surface area contributed by atoms with E-state index in [1.54, 1.807) is 0 Å². The molecule has 1 fully saturated rings. The van der Waals surface area contributed by atoms with Crippen LogP contribution in [0.15, 0.2) is 16.3 Å². The van der Waals surface area contributed by atoms with E-state index in [4.69, 9.17) is 5.73 Å². The predicted octanol–water partition coefficient (Wildman–Crippen LogP) is -0.382. The first-order valence-corrected chi connectivity index (χ1v) is 9.96. The lowest BCUT2D eigenvalue weighted by Crippen LogP contribution is -2.68. The summed E-state index contributed by atoms with van der Waals surface area (Å²) in [6, 6.07) is -0.658. The summed E-state index contributed by atoms with van der Waals surface area (Å²) in [7, 11) is 0. The average Bonchev–Trinajstić information content (AvgIpc) is 3.11. The third-order valence-electron chi connectivity index (χ3n) is 3.95. The van der Waals surface area contributed by atoms with Gasteiger partial charge < -0.3 is 16.2 Å². The maximum atomic E-state index is 12.1. The molecule has 0 aromatic carbocycles. The number of hydrogen-bond donors (Lipinski definition) is 4. The predicted molar refractivity (Wildman–Crippen MR) is 95.5 cm³/mol. The highest BCUT2D eigenvalue weighted by Crippen LogP contribution is 2.40. The zero-order chi connectivity index (χ0) is 18.8. The fraction of sp³-hybridized carbons (Fsp3) is 0.500. The van der Waals surface area contributed by atoms with Crippen molar-refractivity contribution in [2.24, 2.45) is 5.73 Å². The first kappa shape index (κ1) is 18.7. The number of rotatable bonds is 7. The Hall–Kier alpha value is -2.05. The molecule has 2 aliphatic rings. The Morgan fingerprint density at radius 1 is 1.54 bits per heavy atom. The number of aliphatic carboxylic acids is 1. The Morgan fingerprint density at radius 2 is 2.31 bits per heavy atom. The SMILES string of the molecule is CCCNC(=O)c1nn[nH]c1SCC1=C(C(=O)O)N2C(=O)C(N)[C@H]2SC1. The number of nitrogens with zero attached hydrogens (tertiary/aromatic N) is 3. The number of aromatic nitrogens is 3. The quantitative estimate of drug-likeness (QED) is 0.355. The maximum absolute atomic E-state index is 12.1. The summed E-state index contributed by atoms with van der Waals surface area (Å²) in [4.78, 5) is 36.9. The molecule has 5 N–H and O–H groups in total. The summed E-state index contributed by atoms with van der Waals surface area (Å²) in [6.45, 7) is 2.47. The van der Waals surface area contributed by atoms with Gasteiger partial charge in [-0.15, -0.1) is 16.9 Å². The highest BCUT2D eigenvalue weighted by Gasteiger charge is 2.51. The van der Waals surface area contributed by atoms with Gasteiger partial charge in [-0.05, 0) is 12.0 Å². The van der Waals surface area contributed by atoms with Gasteiger partial charge in [0.2, 0.25) is 5.91 Å². The maximum Gasteiger partial charge on any atom is 0.352 e. The van der Waals surface area contributed by atoms with Crippen molar-refractivity contribution in [2.45, 2.75) is 29.8 Å². The molecule has 3 heterocycles. The Labute approximate surface area is 157 Å². The first-order valence-electron chi connectivity index (χ1n) is 7.93. The number of amides is 2. The zero-order valence-electron chi connectivity index (χ0n) is 13.9. The van der Waals surface area contributed by atoms with Gasteiger partial charge in [0.25, 0.3) is 5.91 Å². The number of nitrogens with two attached hydrogens (primary N) is 1. The normalized spacial score (nSPS) is 22.1. The molecule has 2 amide bonds.